The number of rotatable bonds is 2. The van der Waals surface area contributed by atoms with Crippen molar-refractivity contribution in [2.45, 2.75) is 13.8 Å². The molecule has 0 fully saturated rings. The highest BCUT2D eigenvalue weighted by molar-refractivity contribution is 7.22. The number of hydrogen-bond acceptors (Lipinski definition) is 5. The predicted octanol–water partition coefficient (Wildman–Crippen LogP) is 2.85. The molecular weight excluding hydrogens is 284 g/mol. The first kappa shape index (κ1) is 13.8. The Kier molecular flexibility index (Phi) is 3.25. The second kappa shape index (κ2) is 4.96. The largest absolute Gasteiger partial charge is 0.380 e. The van der Waals surface area contributed by atoms with Crippen molar-refractivity contribution < 1.29 is 4.79 Å². The maximum Gasteiger partial charge on any atom is 0.284 e. The Morgan fingerprint density at radius 1 is 1.29 bits per heavy atom. The van der Waals surface area contributed by atoms with E-state index in [0.717, 1.165) is 21.6 Å². The van der Waals surface area contributed by atoms with Crippen LogP contribution in [0.3, 0.4) is 0 Å². The van der Waals surface area contributed by atoms with Crippen molar-refractivity contribution in [3.05, 3.63) is 35.5 Å². The zero-order valence-corrected chi connectivity index (χ0v) is 13.2. The van der Waals surface area contributed by atoms with Gasteiger partial charge in [0.2, 0.25) is 5.13 Å². The summed E-state index contributed by atoms with van der Waals surface area (Å²) < 4.78 is 1.05. The van der Waals surface area contributed by atoms with Crippen LogP contribution in [0.4, 0.5) is 5.13 Å². The van der Waals surface area contributed by atoms with E-state index in [1.54, 1.807) is 0 Å². The van der Waals surface area contributed by atoms with Gasteiger partial charge in [-0.1, -0.05) is 23.5 Å². The first-order chi connectivity index (χ1) is 9.99. The number of anilines is 1. The van der Waals surface area contributed by atoms with Crippen LogP contribution in [0, 0.1) is 0 Å². The number of thiazole rings is 1. The molecule has 0 spiro atoms. The summed E-state index contributed by atoms with van der Waals surface area (Å²) >= 11 is 1.47. The van der Waals surface area contributed by atoms with Crippen molar-refractivity contribution in [3.8, 4) is 0 Å². The van der Waals surface area contributed by atoms with Crippen molar-refractivity contribution in [1.82, 2.24) is 9.88 Å². The molecule has 0 atom stereocenters. The summed E-state index contributed by atoms with van der Waals surface area (Å²) in [5, 5.41) is 6.40. The van der Waals surface area contributed by atoms with Gasteiger partial charge in [-0.15, -0.1) is 0 Å². The number of aromatic nitrogens is 1. The highest BCUT2D eigenvalue weighted by Gasteiger charge is 2.32. The summed E-state index contributed by atoms with van der Waals surface area (Å²) in [6.45, 7) is 3.78. The van der Waals surface area contributed by atoms with E-state index in [-0.39, 0.29) is 5.91 Å². The van der Waals surface area contributed by atoms with Crippen molar-refractivity contribution in [3.63, 3.8) is 0 Å². The molecule has 0 bridgehead atoms. The number of hydrazone groups is 1. The number of carbonyl (C=O) groups is 1. The number of para-hydroxylation sites is 1. The van der Waals surface area contributed by atoms with E-state index in [1.165, 1.54) is 16.3 Å². The number of hydrogen-bond donors (Lipinski definition) is 0. The monoisotopic (exact) mass is 300 g/mol. The van der Waals surface area contributed by atoms with Crippen molar-refractivity contribution >= 4 is 38.3 Å². The third-order valence-electron chi connectivity index (χ3n) is 3.51. The molecule has 0 saturated heterocycles. The van der Waals surface area contributed by atoms with E-state index in [9.17, 15) is 4.79 Å². The number of benzene rings is 1. The van der Waals surface area contributed by atoms with E-state index in [4.69, 9.17) is 0 Å². The average molecular weight is 300 g/mol. The maximum atomic E-state index is 12.6. The van der Waals surface area contributed by atoms with Crippen molar-refractivity contribution in [1.29, 1.82) is 0 Å². The molecule has 21 heavy (non-hydrogen) atoms. The smallest absolute Gasteiger partial charge is 0.284 e. The molecule has 3 rings (SSSR count). The van der Waals surface area contributed by atoms with Gasteiger partial charge in [-0.05, 0) is 26.0 Å². The van der Waals surface area contributed by atoms with E-state index in [2.05, 4.69) is 10.1 Å². The maximum absolute atomic E-state index is 12.6. The third-order valence-corrected chi connectivity index (χ3v) is 4.53. The Morgan fingerprint density at radius 2 is 2.00 bits per heavy atom. The Hall–Kier alpha value is -2.21. The number of nitrogens with zero attached hydrogens (tertiary/aromatic N) is 4. The van der Waals surface area contributed by atoms with Crippen LogP contribution < -0.4 is 5.01 Å². The van der Waals surface area contributed by atoms with E-state index in [0.29, 0.717) is 10.7 Å². The number of fused-ring (bicyclic) bond motifs is 1. The van der Waals surface area contributed by atoms with Gasteiger partial charge in [0, 0.05) is 19.8 Å². The Balaban J connectivity index is 2.05. The van der Waals surface area contributed by atoms with Crippen LogP contribution in [0.15, 0.2) is 40.6 Å². The minimum atomic E-state index is -0.113. The number of amides is 1. The molecule has 1 aromatic heterocycles. The molecule has 5 nitrogen and oxygen atoms in total. The summed E-state index contributed by atoms with van der Waals surface area (Å²) in [4.78, 5) is 19.1. The summed E-state index contributed by atoms with van der Waals surface area (Å²) in [6.07, 6.45) is 0. The van der Waals surface area contributed by atoms with Crippen LogP contribution in [0.1, 0.15) is 13.8 Å². The Labute approximate surface area is 127 Å². The van der Waals surface area contributed by atoms with Gasteiger partial charge in [-0.2, -0.15) is 10.1 Å². The van der Waals surface area contributed by atoms with Gasteiger partial charge in [0.1, 0.15) is 0 Å². The van der Waals surface area contributed by atoms with Gasteiger partial charge in [0.25, 0.3) is 5.91 Å². The fourth-order valence-electron chi connectivity index (χ4n) is 2.23. The lowest BCUT2D eigenvalue weighted by Gasteiger charge is -2.15. The molecule has 1 aliphatic rings. The first-order valence-electron chi connectivity index (χ1n) is 6.63. The molecular formula is C15H16N4OS. The highest BCUT2D eigenvalue weighted by atomic mass is 32.1. The van der Waals surface area contributed by atoms with Crippen LogP contribution in [0.5, 0.6) is 0 Å². The standard InChI is InChI=1S/C15H16N4OS/c1-9-13(10(2)18(3)4)14(20)19(17-9)15-16-11-7-5-6-8-12(11)21-15/h5-8H,1-4H3. The van der Waals surface area contributed by atoms with Gasteiger partial charge >= 0.3 is 0 Å². The molecule has 1 aliphatic heterocycles. The van der Waals surface area contributed by atoms with Gasteiger partial charge in [-0.3, -0.25) is 4.79 Å². The molecule has 2 heterocycles. The molecule has 108 valence electrons. The lowest BCUT2D eigenvalue weighted by atomic mass is 10.1. The van der Waals surface area contributed by atoms with E-state index in [1.807, 2.05) is 57.1 Å². The molecule has 0 N–H and O–H groups in total. The minimum Gasteiger partial charge on any atom is -0.380 e. The van der Waals surface area contributed by atoms with Crippen molar-refractivity contribution in [2.75, 3.05) is 19.1 Å². The van der Waals surface area contributed by atoms with Gasteiger partial charge in [-0.25, -0.2) is 4.98 Å². The average Bonchev–Trinajstić information content (AvgIpc) is 2.99. The molecule has 1 aromatic carbocycles. The fraction of sp³-hybridized carbons (Fsp3) is 0.267. The second-order valence-corrected chi connectivity index (χ2v) is 6.13. The zero-order chi connectivity index (χ0) is 15.1. The summed E-state index contributed by atoms with van der Waals surface area (Å²) in [7, 11) is 3.84. The molecule has 0 saturated carbocycles. The highest BCUT2D eigenvalue weighted by Crippen LogP contribution is 2.32. The van der Waals surface area contributed by atoms with Gasteiger partial charge < -0.3 is 4.90 Å². The predicted molar refractivity (Wildman–Crippen MR) is 86.6 cm³/mol. The molecule has 0 radical (unpaired) electrons. The third kappa shape index (κ3) is 2.21. The minimum absolute atomic E-state index is 0.113. The lowest BCUT2D eigenvalue weighted by molar-refractivity contribution is -0.114. The zero-order valence-electron chi connectivity index (χ0n) is 12.4. The summed E-state index contributed by atoms with van der Waals surface area (Å²) in [5.41, 5.74) is 3.18. The van der Waals surface area contributed by atoms with Crippen LogP contribution in [-0.2, 0) is 4.79 Å². The van der Waals surface area contributed by atoms with Crippen molar-refractivity contribution in [2.24, 2.45) is 5.10 Å². The Bertz CT molecular complexity index is 755. The van der Waals surface area contributed by atoms with Crippen LogP contribution >= 0.6 is 11.3 Å². The van der Waals surface area contributed by atoms with Gasteiger partial charge in [0.15, 0.2) is 0 Å². The summed E-state index contributed by atoms with van der Waals surface area (Å²) in [6, 6.07) is 7.84. The normalized spacial score (nSPS) is 17.4. The molecule has 0 aliphatic carbocycles. The fourth-order valence-corrected chi connectivity index (χ4v) is 3.14. The summed E-state index contributed by atoms with van der Waals surface area (Å²) in [5.74, 6) is -0.113. The van der Waals surface area contributed by atoms with E-state index < -0.39 is 0 Å². The van der Waals surface area contributed by atoms with Crippen LogP contribution in [0.25, 0.3) is 10.2 Å². The topological polar surface area (TPSA) is 48.8 Å². The van der Waals surface area contributed by atoms with E-state index >= 15 is 0 Å². The Morgan fingerprint density at radius 3 is 2.67 bits per heavy atom. The molecule has 0 unspecified atom stereocenters. The first-order valence-corrected chi connectivity index (χ1v) is 7.44. The van der Waals surface area contributed by atoms with Crippen LogP contribution in [-0.4, -0.2) is 35.6 Å². The SMILES string of the molecule is CC1=NN(c2nc3ccccc3s2)C(=O)C1=C(C)N(C)C. The second-order valence-electron chi connectivity index (χ2n) is 5.12. The quantitative estimate of drug-likeness (QED) is 0.801. The molecule has 1 amide bonds. The van der Waals surface area contributed by atoms with Gasteiger partial charge in [0.05, 0.1) is 21.5 Å². The van der Waals surface area contributed by atoms with Crippen LogP contribution in [0.2, 0.25) is 0 Å². The number of carbonyl (C=O) groups excluding carboxylic acids is 1. The molecule has 6 heteroatoms. The number of allylic oxidation sites excluding steroid dienone is 1. The molecule has 2 aromatic rings. The lowest BCUT2D eigenvalue weighted by Crippen LogP contribution is -2.24.